The van der Waals surface area contributed by atoms with Crippen LogP contribution in [0.5, 0.6) is 5.75 Å². The highest BCUT2D eigenvalue weighted by atomic mass is 19.2. The fourth-order valence-corrected chi connectivity index (χ4v) is 0.736. The van der Waals surface area contributed by atoms with Crippen molar-refractivity contribution in [3.05, 3.63) is 29.1 Å². The van der Waals surface area contributed by atoms with Gasteiger partial charge in [-0.2, -0.15) is 0 Å². The van der Waals surface area contributed by atoms with Gasteiger partial charge < -0.3 is 10.2 Å². The molecule has 0 aliphatic rings. The number of carbonyl (C=O) groups is 1. The minimum atomic E-state index is -1.91. The van der Waals surface area contributed by atoms with E-state index in [2.05, 4.69) is 0 Å². The summed E-state index contributed by atoms with van der Waals surface area (Å²) in [5, 5.41) is 18.7. The quantitative estimate of drug-likeness (QED) is 0.670. The van der Waals surface area contributed by atoms with E-state index in [9.17, 15) is 23.1 Å². The van der Waals surface area contributed by atoms with E-state index in [0.29, 0.717) is 0 Å². The third-order valence-corrected chi connectivity index (χ3v) is 1.35. The second kappa shape index (κ2) is 2.96. The van der Waals surface area contributed by atoms with E-state index < -0.39 is 34.7 Å². The van der Waals surface area contributed by atoms with E-state index in [1.165, 1.54) is 0 Å². The van der Waals surface area contributed by atoms with Crippen molar-refractivity contribution >= 4 is 5.97 Å². The average Bonchev–Trinajstić information content (AvgIpc) is 2.07. The van der Waals surface area contributed by atoms with Crippen LogP contribution >= 0.6 is 0 Å². The summed E-state index contributed by atoms with van der Waals surface area (Å²) in [6, 6.07) is 0.119. The zero-order chi connectivity index (χ0) is 10.2. The van der Waals surface area contributed by atoms with Crippen molar-refractivity contribution in [1.29, 1.82) is 0 Å². The molecule has 0 radical (unpaired) electrons. The summed E-state index contributed by atoms with van der Waals surface area (Å²) >= 11 is 0. The molecule has 0 heterocycles. The van der Waals surface area contributed by atoms with Crippen molar-refractivity contribution in [2.24, 2.45) is 0 Å². The number of halogens is 3. The van der Waals surface area contributed by atoms with Crippen LogP contribution in [0.1, 0.15) is 10.4 Å². The number of hydrogen-bond acceptors (Lipinski definition) is 2. The Morgan fingerprint density at radius 1 is 1.31 bits per heavy atom. The van der Waals surface area contributed by atoms with E-state index in [0.717, 1.165) is 0 Å². The van der Waals surface area contributed by atoms with Gasteiger partial charge in [-0.25, -0.2) is 18.0 Å². The second-order valence-corrected chi connectivity index (χ2v) is 2.17. The molecule has 0 bridgehead atoms. The van der Waals surface area contributed by atoms with Crippen LogP contribution in [0.25, 0.3) is 0 Å². The first-order valence-electron chi connectivity index (χ1n) is 3.03. The Morgan fingerprint density at radius 3 is 2.31 bits per heavy atom. The molecular weight excluding hydrogens is 189 g/mol. The van der Waals surface area contributed by atoms with Crippen LogP contribution in [0.3, 0.4) is 0 Å². The monoisotopic (exact) mass is 191 g/mol. The molecule has 0 amide bonds. The summed E-state index contributed by atoms with van der Waals surface area (Å²) in [6.45, 7) is 0. The van der Waals surface area contributed by atoms with E-state index in [-0.39, 0.29) is 6.07 Å². The van der Waals surface area contributed by atoms with Gasteiger partial charge >= 0.3 is 5.97 Å². The lowest BCUT2D eigenvalue weighted by atomic mass is 10.2. The number of hydrogen-bond donors (Lipinski definition) is 1. The Kier molecular flexibility index (Phi) is 2.14. The molecule has 1 aromatic carbocycles. The van der Waals surface area contributed by atoms with Crippen molar-refractivity contribution < 1.29 is 28.2 Å². The summed E-state index contributed by atoms with van der Waals surface area (Å²) in [5.74, 6) is -9.09. The maximum Gasteiger partial charge on any atom is 0.338 e. The van der Waals surface area contributed by atoms with Crippen LogP contribution in [-0.4, -0.2) is 11.1 Å². The highest BCUT2D eigenvalue weighted by Crippen LogP contribution is 2.23. The fourth-order valence-electron chi connectivity index (χ4n) is 0.736. The number of benzene rings is 1. The first-order valence-corrected chi connectivity index (χ1v) is 3.03. The molecule has 0 unspecified atom stereocenters. The number of rotatable bonds is 1. The smallest absolute Gasteiger partial charge is 0.338 e. The van der Waals surface area contributed by atoms with Crippen LogP contribution in [0, 0.1) is 17.5 Å². The molecule has 0 aromatic heterocycles. The molecule has 1 N–H and O–H groups in total. The van der Waals surface area contributed by atoms with Gasteiger partial charge in [0.1, 0.15) is 5.82 Å². The summed E-state index contributed by atoms with van der Waals surface area (Å²) < 4.78 is 37.3. The first-order chi connectivity index (χ1) is 5.95. The zero-order valence-corrected chi connectivity index (χ0v) is 5.97. The van der Waals surface area contributed by atoms with Crippen molar-refractivity contribution in [3.63, 3.8) is 0 Å². The predicted molar refractivity (Wildman–Crippen MR) is 32.7 cm³/mol. The predicted octanol–water partition coefficient (Wildman–Crippen LogP) is 0.876. The van der Waals surface area contributed by atoms with Crippen LogP contribution in [0.15, 0.2) is 6.07 Å². The Balaban J connectivity index is 3.50. The lowest BCUT2D eigenvalue weighted by Crippen LogP contribution is -2.08. The minimum Gasteiger partial charge on any atom is -0.868 e. The van der Waals surface area contributed by atoms with Crippen molar-refractivity contribution in [2.45, 2.75) is 0 Å². The third-order valence-electron chi connectivity index (χ3n) is 1.35. The molecule has 1 rings (SSSR count). The van der Waals surface area contributed by atoms with Crippen molar-refractivity contribution in [1.82, 2.24) is 0 Å². The SMILES string of the molecule is O=C(O)c1cc(F)c(F)c([O-])c1F. The molecule has 0 fully saturated rings. The van der Waals surface area contributed by atoms with Gasteiger partial charge in [0.2, 0.25) is 0 Å². The van der Waals surface area contributed by atoms with Crippen molar-refractivity contribution in [2.75, 3.05) is 0 Å². The van der Waals surface area contributed by atoms with E-state index in [4.69, 9.17) is 5.11 Å². The Morgan fingerprint density at radius 2 is 1.85 bits per heavy atom. The molecule has 6 heteroatoms. The topological polar surface area (TPSA) is 60.4 Å². The lowest BCUT2D eigenvalue weighted by molar-refractivity contribution is -0.277. The van der Waals surface area contributed by atoms with Gasteiger partial charge in [-0.3, -0.25) is 0 Å². The molecule has 0 saturated carbocycles. The van der Waals surface area contributed by atoms with E-state index in [1.807, 2.05) is 0 Å². The van der Waals surface area contributed by atoms with Gasteiger partial charge in [-0.05, 0) is 11.8 Å². The van der Waals surface area contributed by atoms with E-state index >= 15 is 0 Å². The maximum absolute atomic E-state index is 12.6. The molecule has 1 aromatic rings. The molecule has 70 valence electrons. The molecule has 0 saturated heterocycles. The van der Waals surface area contributed by atoms with Gasteiger partial charge in [0.15, 0.2) is 11.6 Å². The van der Waals surface area contributed by atoms with Gasteiger partial charge in [-0.15, -0.1) is 0 Å². The van der Waals surface area contributed by atoms with Crippen LogP contribution in [0.2, 0.25) is 0 Å². The second-order valence-electron chi connectivity index (χ2n) is 2.17. The normalized spacial score (nSPS) is 10.1. The molecule has 0 aliphatic carbocycles. The zero-order valence-electron chi connectivity index (χ0n) is 5.97. The minimum absolute atomic E-state index is 0.119. The summed E-state index contributed by atoms with van der Waals surface area (Å²) in [5.41, 5.74) is -1.18. The Bertz CT molecular complexity index is 376. The first kappa shape index (κ1) is 9.37. The van der Waals surface area contributed by atoms with Crippen LogP contribution in [-0.2, 0) is 0 Å². The summed E-state index contributed by atoms with van der Waals surface area (Å²) in [7, 11) is 0. The average molecular weight is 191 g/mol. The van der Waals surface area contributed by atoms with Gasteiger partial charge in [0.25, 0.3) is 0 Å². The van der Waals surface area contributed by atoms with Gasteiger partial charge in [-0.1, -0.05) is 0 Å². The standard InChI is InChI=1S/C7H3F3O3/c8-3-1-2(7(12)13)4(9)6(11)5(3)10/h1,11H,(H,12,13)/p-1. The Hall–Kier alpha value is -1.72. The maximum atomic E-state index is 12.6. The molecule has 3 nitrogen and oxygen atoms in total. The molecular formula is C7H2F3O3-. The van der Waals surface area contributed by atoms with E-state index in [1.54, 1.807) is 0 Å². The number of carboxylic acids is 1. The van der Waals surface area contributed by atoms with Crippen molar-refractivity contribution in [3.8, 4) is 5.75 Å². The third kappa shape index (κ3) is 1.42. The van der Waals surface area contributed by atoms with Crippen LogP contribution in [0.4, 0.5) is 13.2 Å². The highest BCUT2D eigenvalue weighted by molar-refractivity contribution is 5.88. The number of carboxylic acid groups (broad SMARTS) is 1. The number of aromatic carboxylic acids is 1. The Labute approximate surface area is 70.0 Å². The van der Waals surface area contributed by atoms with Gasteiger partial charge in [0, 0.05) is 0 Å². The van der Waals surface area contributed by atoms with Crippen LogP contribution < -0.4 is 5.11 Å². The van der Waals surface area contributed by atoms with Gasteiger partial charge in [0.05, 0.1) is 5.56 Å². The summed E-state index contributed by atoms with van der Waals surface area (Å²) in [6.07, 6.45) is 0. The fraction of sp³-hybridized carbons (Fsp3) is 0. The highest BCUT2D eigenvalue weighted by Gasteiger charge is 2.16. The molecule has 0 spiro atoms. The largest absolute Gasteiger partial charge is 0.868 e. The molecule has 0 atom stereocenters. The molecule has 0 aliphatic heterocycles. The summed E-state index contributed by atoms with van der Waals surface area (Å²) in [4.78, 5) is 10.2. The lowest BCUT2D eigenvalue weighted by Gasteiger charge is -2.10. The molecule has 13 heavy (non-hydrogen) atoms.